The highest BCUT2D eigenvalue weighted by atomic mass is 19.1. The van der Waals surface area contributed by atoms with E-state index < -0.39 is 0 Å². The molecular weight excluding hydrogens is 239 g/mol. The molecule has 1 aliphatic heterocycles. The summed E-state index contributed by atoms with van der Waals surface area (Å²) in [7, 11) is 0. The Hall–Kier alpha value is -1.12. The Morgan fingerprint density at radius 2 is 1.79 bits per heavy atom. The molecule has 0 bridgehead atoms. The van der Waals surface area contributed by atoms with Gasteiger partial charge in [-0.3, -0.25) is 0 Å². The minimum Gasteiger partial charge on any atom is -0.354 e. The molecule has 1 aromatic rings. The number of halogens is 1. The molecule has 0 radical (unpaired) electrons. The Kier molecular flexibility index (Phi) is 3.84. The summed E-state index contributed by atoms with van der Waals surface area (Å²) in [6, 6.07) is 3.14. The van der Waals surface area contributed by atoms with Crippen LogP contribution in [0.3, 0.4) is 0 Å². The molecule has 2 atom stereocenters. The van der Waals surface area contributed by atoms with Crippen molar-refractivity contribution >= 4 is 5.82 Å². The number of piperidine rings is 1. The van der Waals surface area contributed by atoms with Gasteiger partial charge >= 0.3 is 0 Å². The van der Waals surface area contributed by atoms with Crippen molar-refractivity contribution in [2.75, 3.05) is 18.0 Å². The van der Waals surface area contributed by atoms with Crippen molar-refractivity contribution < 1.29 is 4.39 Å². The van der Waals surface area contributed by atoms with E-state index in [4.69, 9.17) is 0 Å². The van der Waals surface area contributed by atoms with Gasteiger partial charge in [-0.25, -0.2) is 9.37 Å². The topological polar surface area (TPSA) is 16.1 Å². The summed E-state index contributed by atoms with van der Waals surface area (Å²) in [4.78, 5) is 6.26. The van der Waals surface area contributed by atoms with Crippen molar-refractivity contribution in [3.05, 3.63) is 24.1 Å². The van der Waals surface area contributed by atoms with Crippen LogP contribution in [0.2, 0.25) is 0 Å². The van der Waals surface area contributed by atoms with Gasteiger partial charge in [0.15, 0.2) is 11.6 Å². The summed E-state index contributed by atoms with van der Waals surface area (Å²) in [5, 5.41) is 0. The van der Waals surface area contributed by atoms with Gasteiger partial charge in [-0.15, -0.1) is 0 Å². The molecule has 0 N–H and O–H groups in total. The first-order chi connectivity index (χ1) is 8.98. The first kappa shape index (κ1) is 14.3. The van der Waals surface area contributed by atoms with E-state index >= 15 is 0 Å². The highest BCUT2D eigenvalue weighted by Crippen LogP contribution is 2.60. The van der Waals surface area contributed by atoms with Gasteiger partial charge in [0.25, 0.3) is 0 Å². The van der Waals surface area contributed by atoms with Gasteiger partial charge in [-0.05, 0) is 35.3 Å². The summed E-state index contributed by atoms with van der Waals surface area (Å²) in [6.45, 7) is 12.9. The second kappa shape index (κ2) is 5.10. The molecule has 106 valence electrons. The number of rotatable bonds is 1. The average Bonchev–Trinajstić information content (AvgIpc) is 2.91. The molecule has 1 saturated carbocycles. The van der Waals surface area contributed by atoms with E-state index in [9.17, 15) is 4.39 Å². The largest absolute Gasteiger partial charge is 0.354 e. The lowest BCUT2D eigenvalue weighted by molar-refractivity contribution is 0.308. The monoisotopic (exact) mass is 264 g/mol. The minimum absolute atomic E-state index is 0.193. The standard InChI is InChI=1S/C14H19FN2.C2H6/c1-14(2,3)12-9-7-17(8-10(9)12)13-11(15)5-4-6-16-13;1-2/h4-6,9-10,12H,7-8H2,1-3H3;1-2H3. The fraction of sp³-hybridized carbons (Fsp3) is 0.688. The molecule has 2 heterocycles. The van der Waals surface area contributed by atoms with Gasteiger partial charge in [0, 0.05) is 19.3 Å². The summed E-state index contributed by atoms with van der Waals surface area (Å²) >= 11 is 0. The Bertz CT molecular complexity index is 427. The van der Waals surface area contributed by atoms with E-state index in [0.717, 1.165) is 30.8 Å². The van der Waals surface area contributed by atoms with Crippen LogP contribution >= 0.6 is 0 Å². The number of aromatic nitrogens is 1. The molecule has 2 aliphatic rings. The summed E-state index contributed by atoms with van der Waals surface area (Å²) in [5.74, 6) is 2.65. The maximum atomic E-state index is 13.6. The lowest BCUT2D eigenvalue weighted by Crippen LogP contribution is -2.28. The fourth-order valence-corrected chi connectivity index (χ4v) is 3.59. The first-order valence-electron chi connectivity index (χ1n) is 7.34. The third kappa shape index (κ3) is 2.60. The third-order valence-corrected chi connectivity index (χ3v) is 4.23. The summed E-state index contributed by atoms with van der Waals surface area (Å²) in [6.07, 6.45) is 1.67. The van der Waals surface area contributed by atoms with Crippen LogP contribution in [-0.2, 0) is 0 Å². The molecule has 2 fully saturated rings. The number of anilines is 1. The Morgan fingerprint density at radius 3 is 2.26 bits per heavy atom. The first-order valence-corrected chi connectivity index (χ1v) is 7.34. The van der Waals surface area contributed by atoms with Crippen LogP contribution in [0.4, 0.5) is 10.2 Å². The van der Waals surface area contributed by atoms with Crippen LogP contribution in [0.5, 0.6) is 0 Å². The number of nitrogens with zero attached hydrogens (tertiary/aromatic N) is 2. The Labute approximate surface area is 116 Å². The zero-order valence-electron chi connectivity index (χ0n) is 12.7. The Balaban J connectivity index is 0.000000637. The second-order valence-corrected chi connectivity index (χ2v) is 6.43. The minimum atomic E-state index is -0.193. The van der Waals surface area contributed by atoms with Gasteiger partial charge in [-0.2, -0.15) is 0 Å². The number of fused-ring (bicyclic) bond motifs is 1. The highest BCUT2D eigenvalue weighted by molar-refractivity contribution is 5.43. The van der Waals surface area contributed by atoms with E-state index in [1.807, 2.05) is 13.8 Å². The second-order valence-electron chi connectivity index (χ2n) is 6.43. The van der Waals surface area contributed by atoms with Gasteiger partial charge in [0.1, 0.15) is 0 Å². The molecule has 2 unspecified atom stereocenters. The SMILES string of the molecule is CC.CC(C)(C)C1C2CN(c3ncccc3F)CC21. The summed E-state index contributed by atoms with van der Waals surface area (Å²) < 4.78 is 13.6. The molecule has 1 aliphatic carbocycles. The predicted octanol–water partition coefficient (Wildman–Crippen LogP) is 3.98. The van der Waals surface area contributed by atoms with Gasteiger partial charge in [0.2, 0.25) is 0 Å². The molecule has 2 nitrogen and oxygen atoms in total. The van der Waals surface area contributed by atoms with E-state index in [0.29, 0.717) is 11.2 Å². The number of hydrogen-bond acceptors (Lipinski definition) is 2. The van der Waals surface area contributed by atoms with Crippen LogP contribution < -0.4 is 4.90 Å². The highest BCUT2D eigenvalue weighted by Gasteiger charge is 2.60. The third-order valence-electron chi connectivity index (χ3n) is 4.23. The number of hydrogen-bond donors (Lipinski definition) is 0. The van der Waals surface area contributed by atoms with Gasteiger partial charge in [0.05, 0.1) is 0 Å². The van der Waals surface area contributed by atoms with Crippen LogP contribution in [-0.4, -0.2) is 18.1 Å². The maximum absolute atomic E-state index is 13.6. The summed E-state index contributed by atoms with van der Waals surface area (Å²) in [5.41, 5.74) is 0.393. The molecule has 0 amide bonds. The molecular formula is C16H25FN2. The lowest BCUT2D eigenvalue weighted by Gasteiger charge is -2.26. The molecule has 3 rings (SSSR count). The van der Waals surface area contributed by atoms with E-state index in [2.05, 4.69) is 30.7 Å². The van der Waals surface area contributed by atoms with Crippen LogP contribution in [0.15, 0.2) is 18.3 Å². The zero-order valence-corrected chi connectivity index (χ0v) is 12.7. The number of pyridine rings is 1. The fourth-order valence-electron chi connectivity index (χ4n) is 3.59. The zero-order chi connectivity index (χ0) is 14.2. The smallest absolute Gasteiger partial charge is 0.165 e. The van der Waals surface area contributed by atoms with Crippen molar-refractivity contribution in [1.82, 2.24) is 4.98 Å². The molecule has 1 saturated heterocycles. The van der Waals surface area contributed by atoms with Gasteiger partial charge in [-0.1, -0.05) is 34.6 Å². The normalized spacial score (nSPS) is 28.5. The predicted molar refractivity (Wildman–Crippen MR) is 77.7 cm³/mol. The average molecular weight is 264 g/mol. The van der Waals surface area contributed by atoms with Crippen molar-refractivity contribution in [2.45, 2.75) is 34.6 Å². The van der Waals surface area contributed by atoms with Crippen LogP contribution in [0.25, 0.3) is 0 Å². The molecule has 3 heteroatoms. The van der Waals surface area contributed by atoms with Crippen molar-refractivity contribution in [3.63, 3.8) is 0 Å². The quantitative estimate of drug-likeness (QED) is 0.763. The molecule has 0 spiro atoms. The van der Waals surface area contributed by atoms with Gasteiger partial charge < -0.3 is 4.90 Å². The van der Waals surface area contributed by atoms with Crippen LogP contribution in [0.1, 0.15) is 34.6 Å². The van der Waals surface area contributed by atoms with E-state index in [1.54, 1.807) is 12.3 Å². The van der Waals surface area contributed by atoms with Crippen molar-refractivity contribution in [1.29, 1.82) is 0 Å². The molecule has 19 heavy (non-hydrogen) atoms. The lowest BCUT2D eigenvalue weighted by atomic mass is 9.87. The molecule has 1 aromatic heterocycles. The van der Waals surface area contributed by atoms with E-state index in [-0.39, 0.29) is 5.82 Å². The molecule has 0 aromatic carbocycles. The van der Waals surface area contributed by atoms with Crippen LogP contribution in [0, 0.1) is 29.0 Å². The van der Waals surface area contributed by atoms with Crippen molar-refractivity contribution in [3.8, 4) is 0 Å². The van der Waals surface area contributed by atoms with Crippen molar-refractivity contribution in [2.24, 2.45) is 23.2 Å². The van der Waals surface area contributed by atoms with E-state index in [1.165, 1.54) is 6.07 Å². The maximum Gasteiger partial charge on any atom is 0.165 e. The Morgan fingerprint density at radius 1 is 1.21 bits per heavy atom.